The highest BCUT2D eigenvalue weighted by atomic mass is 79.9. The van der Waals surface area contributed by atoms with E-state index in [9.17, 15) is 4.79 Å². The molecule has 5 heteroatoms. The molecule has 1 aromatic carbocycles. The molecule has 2 rings (SSSR count). The smallest absolute Gasteiger partial charge is 0.231 e. The van der Waals surface area contributed by atoms with E-state index in [1.165, 1.54) is 0 Å². The van der Waals surface area contributed by atoms with Gasteiger partial charge in [0, 0.05) is 11.0 Å². The number of anilines is 1. The summed E-state index contributed by atoms with van der Waals surface area (Å²) in [5.74, 6) is 0.0186. The summed E-state index contributed by atoms with van der Waals surface area (Å²) >= 11 is 3.38. The lowest BCUT2D eigenvalue weighted by atomic mass is 9.82. The van der Waals surface area contributed by atoms with E-state index in [-0.39, 0.29) is 11.3 Å². The van der Waals surface area contributed by atoms with Gasteiger partial charge in [-0.1, -0.05) is 0 Å². The van der Waals surface area contributed by atoms with Crippen LogP contribution in [-0.2, 0) is 4.79 Å². The third-order valence-electron chi connectivity index (χ3n) is 3.49. The monoisotopic (exact) mass is 321 g/mol. The van der Waals surface area contributed by atoms with Crippen molar-refractivity contribution < 1.29 is 4.79 Å². The predicted octanol–water partition coefficient (Wildman–Crippen LogP) is 2.65. The highest BCUT2D eigenvalue weighted by Gasteiger charge is 2.34. The van der Waals surface area contributed by atoms with Gasteiger partial charge in [-0.05, 0) is 60.4 Å². The third-order valence-corrected chi connectivity index (χ3v) is 4.15. The minimum absolute atomic E-state index is 0.0186. The summed E-state index contributed by atoms with van der Waals surface area (Å²) < 4.78 is 0.729. The molecule has 1 amide bonds. The van der Waals surface area contributed by atoms with Gasteiger partial charge >= 0.3 is 0 Å². The van der Waals surface area contributed by atoms with E-state index in [2.05, 4.69) is 32.6 Å². The number of nitrogens with one attached hydrogen (secondary N) is 2. The first kappa shape index (κ1) is 14.0. The number of rotatable bonds is 2. The summed E-state index contributed by atoms with van der Waals surface area (Å²) in [5, 5.41) is 15.0. The Morgan fingerprint density at radius 1 is 1.58 bits per heavy atom. The maximum absolute atomic E-state index is 12.4. The van der Waals surface area contributed by atoms with E-state index in [1.54, 1.807) is 18.2 Å². The van der Waals surface area contributed by atoms with Crippen LogP contribution >= 0.6 is 15.9 Å². The van der Waals surface area contributed by atoms with Crippen molar-refractivity contribution in [3.63, 3.8) is 0 Å². The number of carbonyl (C=O) groups excluding carboxylic acids is 1. The molecule has 1 saturated heterocycles. The Morgan fingerprint density at radius 2 is 2.37 bits per heavy atom. The lowest BCUT2D eigenvalue weighted by molar-refractivity contribution is -0.125. The average molecular weight is 322 g/mol. The number of amides is 1. The number of nitriles is 1. The van der Waals surface area contributed by atoms with E-state index < -0.39 is 0 Å². The van der Waals surface area contributed by atoms with Crippen molar-refractivity contribution in [2.45, 2.75) is 19.8 Å². The second-order valence-corrected chi connectivity index (χ2v) is 5.96. The molecular formula is C14H16BrN3O. The highest BCUT2D eigenvalue weighted by Crippen LogP contribution is 2.29. The van der Waals surface area contributed by atoms with Crippen LogP contribution < -0.4 is 10.6 Å². The van der Waals surface area contributed by atoms with Crippen molar-refractivity contribution in [3.05, 3.63) is 28.2 Å². The first-order valence-corrected chi connectivity index (χ1v) is 7.06. The first-order valence-electron chi connectivity index (χ1n) is 6.27. The van der Waals surface area contributed by atoms with Crippen molar-refractivity contribution in [2.75, 3.05) is 18.4 Å². The number of nitrogens with zero attached hydrogens (tertiary/aromatic N) is 1. The van der Waals surface area contributed by atoms with Gasteiger partial charge in [0.1, 0.15) is 0 Å². The molecule has 2 N–H and O–H groups in total. The van der Waals surface area contributed by atoms with E-state index in [4.69, 9.17) is 5.26 Å². The maximum Gasteiger partial charge on any atom is 0.231 e. The topological polar surface area (TPSA) is 64.9 Å². The molecule has 1 unspecified atom stereocenters. The molecule has 0 bridgehead atoms. The zero-order chi connectivity index (χ0) is 13.9. The van der Waals surface area contributed by atoms with Gasteiger partial charge in [0.2, 0.25) is 5.91 Å². The van der Waals surface area contributed by atoms with Crippen LogP contribution in [0.4, 0.5) is 5.69 Å². The number of hydrogen-bond donors (Lipinski definition) is 2. The Balaban J connectivity index is 2.13. The Labute approximate surface area is 121 Å². The fraction of sp³-hybridized carbons (Fsp3) is 0.429. The average Bonchev–Trinajstić information content (AvgIpc) is 2.41. The van der Waals surface area contributed by atoms with Gasteiger partial charge in [-0.3, -0.25) is 4.79 Å². The van der Waals surface area contributed by atoms with Crippen LogP contribution in [0, 0.1) is 16.7 Å². The quantitative estimate of drug-likeness (QED) is 0.880. The van der Waals surface area contributed by atoms with Crippen LogP contribution in [-0.4, -0.2) is 19.0 Å². The van der Waals surface area contributed by atoms with Gasteiger partial charge in [-0.2, -0.15) is 5.26 Å². The zero-order valence-corrected chi connectivity index (χ0v) is 12.4. The molecule has 0 aromatic heterocycles. The summed E-state index contributed by atoms with van der Waals surface area (Å²) in [6.07, 6.45) is 1.90. The summed E-state index contributed by atoms with van der Waals surface area (Å²) in [4.78, 5) is 12.4. The lowest BCUT2D eigenvalue weighted by Gasteiger charge is -2.32. The van der Waals surface area contributed by atoms with Crippen LogP contribution in [0.2, 0.25) is 0 Å². The zero-order valence-electron chi connectivity index (χ0n) is 10.8. The number of benzene rings is 1. The van der Waals surface area contributed by atoms with Crippen LogP contribution in [0.1, 0.15) is 25.3 Å². The molecule has 1 fully saturated rings. The normalized spacial score (nSPS) is 22.6. The lowest BCUT2D eigenvalue weighted by Crippen LogP contribution is -2.46. The first-order chi connectivity index (χ1) is 9.05. The predicted molar refractivity (Wildman–Crippen MR) is 77.7 cm³/mol. The summed E-state index contributed by atoms with van der Waals surface area (Å²) in [5.41, 5.74) is 0.900. The maximum atomic E-state index is 12.4. The van der Waals surface area contributed by atoms with Gasteiger partial charge in [0.05, 0.1) is 22.7 Å². The minimum atomic E-state index is -0.369. The Hall–Kier alpha value is -1.38. The van der Waals surface area contributed by atoms with Crippen LogP contribution in [0.3, 0.4) is 0 Å². The Kier molecular flexibility index (Phi) is 4.23. The van der Waals surface area contributed by atoms with Gasteiger partial charge in [0.15, 0.2) is 0 Å². The van der Waals surface area contributed by atoms with Gasteiger partial charge < -0.3 is 10.6 Å². The highest BCUT2D eigenvalue weighted by molar-refractivity contribution is 9.10. The summed E-state index contributed by atoms with van der Waals surface area (Å²) in [7, 11) is 0. The molecule has 1 aliphatic heterocycles. The SMILES string of the molecule is CC1(C(=O)Nc2ccc(C#N)cc2Br)CCCNC1. The standard InChI is InChI=1S/C14H16BrN3O/c1-14(5-2-6-17-9-14)13(19)18-12-4-3-10(8-16)7-11(12)15/h3-4,7,17H,2,5-6,9H2,1H3,(H,18,19). The van der Waals surface area contributed by atoms with Gasteiger partial charge in [0.25, 0.3) is 0 Å². The van der Waals surface area contributed by atoms with E-state index >= 15 is 0 Å². The van der Waals surface area contributed by atoms with Crippen molar-refractivity contribution in [1.29, 1.82) is 5.26 Å². The largest absolute Gasteiger partial charge is 0.325 e. The molecule has 1 aromatic rings. The molecule has 0 saturated carbocycles. The van der Waals surface area contributed by atoms with Crippen LogP contribution in [0.25, 0.3) is 0 Å². The number of halogens is 1. The number of carbonyl (C=O) groups is 1. The Morgan fingerprint density at radius 3 is 2.95 bits per heavy atom. The minimum Gasteiger partial charge on any atom is -0.325 e. The summed E-state index contributed by atoms with van der Waals surface area (Å²) in [6.45, 7) is 3.65. The molecule has 100 valence electrons. The van der Waals surface area contributed by atoms with Gasteiger partial charge in [-0.25, -0.2) is 0 Å². The molecule has 1 atom stereocenters. The Bertz CT molecular complexity index is 530. The molecule has 1 aliphatic rings. The molecule has 0 spiro atoms. The van der Waals surface area contributed by atoms with E-state index in [1.807, 2.05) is 6.92 Å². The van der Waals surface area contributed by atoms with Crippen molar-refractivity contribution in [3.8, 4) is 6.07 Å². The number of hydrogen-bond acceptors (Lipinski definition) is 3. The van der Waals surface area contributed by atoms with Crippen LogP contribution in [0.15, 0.2) is 22.7 Å². The molecular weight excluding hydrogens is 306 g/mol. The molecule has 0 radical (unpaired) electrons. The van der Waals surface area contributed by atoms with Gasteiger partial charge in [-0.15, -0.1) is 0 Å². The van der Waals surface area contributed by atoms with Crippen molar-refractivity contribution >= 4 is 27.5 Å². The summed E-state index contributed by atoms with van der Waals surface area (Å²) in [6, 6.07) is 7.22. The van der Waals surface area contributed by atoms with Crippen molar-refractivity contribution in [1.82, 2.24) is 5.32 Å². The second kappa shape index (κ2) is 5.72. The molecule has 4 nitrogen and oxygen atoms in total. The fourth-order valence-electron chi connectivity index (χ4n) is 2.21. The second-order valence-electron chi connectivity index (χ2n) is 5.10. The molecule has 1 heterocycles. The van der Waals surface area contributed by atoms with Crippen molar-refractivity contribution in [2.24, 2.45) is 5.41 Å². The van der Waals surface area contributed by atoms with E-state index in [0.717, 1.165) is 23.9 Å². The number of piperidine rings is 1. The fourth-order valence-corrected chi connectivity index (χ4v) is 2.69. The third kappa shape index (κ3) is 3.14. The van der Waals surface area contributed by atoms with Crippen LogP contribution in [0.5, 0.6) is 0 Å². The molecule has 0 aliphatic carbocycles. The van der Waals surface area contributed by atoms with E-state index in [0.29, 0.717) is 17.8 Å². The molecule has 19 heavy (non-hydrogen) atoms.